The number of likely N-dealkylation sites (N-methyl/N-ethyl adjacent to an activating group) is 1. The van der Waals surface area contributed by atoms with Gasteiger partial charge < -0.3 is 24.4 Å². The molecular weight excluding hydrogens is 394 g/mol. The van der Waals surface area contributed by atoms with Crippen LogP contribution >= 0.6 is 0 Å². The fraction of sp³-hybridized carbons (Fsp3) is 0.708. The van der Waals surface area contributed by atoms with Gasteiger partial charge in [-0.3, -0.25) is 9.69 Å². The first kappa shape index (κ1) is 23.8. The number of piperazine rings is 1. The first-order valence-corrected chi connectivity index (χ1v) is 11.8. The van der Waals surface area contributed by atoms with Crippen LogP contribution in [0, 0.1) is 0 Å². The van der Waals surface area contributed by atoms with Crippen molar-refractivity contribution >= 4 is 5.91 Å². The lowest BCUT2D eigenvalue weighted by Gasteiger charge is -2.37. The summed E-state index contributed by atoms with van der Waals surface area (Å²) in [5.41, 5.74) is 1.08. The van der Waals surface area contributed by atoms with Crippen molar-refractivity contribution < 1.29 is 19.4 Å². The van der Waals surface area contributed by atoms with Crippen molar-refractivity contribution in [3.63, 3.8) is 0 Å². The van der Waals surface area contributed by atoms with Gasteiger partial charge in [-0.15, -0.1) is 0 Å². The lowest BCUT2D eigenvalue weighted by Crippen LogP contribution is -2.53. The van der Waals surface area contributed by atoms with E-state index in [4.69, 9.17) is 9.47 Å². The molecule has 174 valence electrons. The maximum atomic E-state index is 12.7. The molecule has 0 radical (unpaired) electrons. The number of methoxy groups -OCH3 is 1. The lowest BCUT2D eigenvalue weighted by molar-refractivity contribution is -0.138. The Balaban J connectivity index is 1.55. The van der Waals surface area contributed by atoms with Crippen LogP contribution in [0.15, 0.2) is 18.2 Å². The molecule has 1 N–H and O–H groups in total. The second kappa shape index (κ2) is 11.7. The van der Waals surface area contributed by atoms with Gasteiger partial charge in [-0.2, -0.15) is 0 Å². The average Bonchev–Trinajstić information content (AvgIpc) is 3.31. The van der Waals surface area contributed by atoms with E-state index < -0.39 is 6.10 Å². The van der Waals surface area contributed by atoms with Crippen LogP contribution in [0.2, 0.25) is 0 Å². The van der Waals surface area contributed by atoms with Gasteiger partial charge in [0.05, 0.1) is 13.7 Å². The van der Waals surface area contributed by atoms with Crippen LogP contribution in [0.25, 0.3) is 0 Å². The van der Waals surface area contributed by atoms with E-state index >= 15 is 0 Å². The number of nitrogens with zero attached hydrogens (tertiary/aromatic N) is 3. The topological polar surface area (TPSA) is 65.5 Å². The van der Waals surface area contributed by atoms with Crippen molar-refractivity contribution in [3.05, 3.63) is 23.8 Å². The number of rotatable bonds is 11. The fourth-order valence-corrected chi connectivity index (χ4v) is 4.68. The molecule has 1 aliphatic heterocycles. The normalized spacial score (nSPS) is 19.3. The summed E-state index contributed by atoms with van der Waals surface area (Å²) in [6.45, 7) is 9.67. The van der Waals surface area contributed by atoms with E-state index in [1.165, 1.54) is 12.8 Å². The van der Waals surface area contributed by atoms with E-state index in [1.807, 2.05) is 18.2 Å². The Morgan fingerprint density at radius 2 is 1.90 bits per heavy atom. The quantitative estimate of drug-likeness (QED) is 0.578. The molecular formula is C24H39N3O4. The Morgan fingerprint density at radius 1 is 1.16 bits per heavy atom. The van der Waals surface area contributed by atoms with Crippen molar-refractivity contribution in [2.45, 2.75) is 58.2 Å². The number of hydrogen-bond acceptors (Lipinski definition) is 6. The number of amides is 1. The Kier molecular flexibility index (Phi) is 8.99. The van der Waals surface area contributed by atoms with E-state index in [0.717, 1.165) is 44.6 Å². The number of carbonyl (C=O) groups excluding carboxylic acids is 1. The molecule has 0 spiro atoms. The Labute approximate surface area is 186 Å². The molecule has 2 fully saturated rings. The molecule has 1 atom stereocenters. The third kappa shape index (κ3) is 6.57. The number of benzene rings is 1. The van der Waals surface area contributed by atoms with Gasteiger partial charge in [0.25, 0.3) is 0 Å². The van der Waals surface area contributed by atoms with Gasteiger partial charge in [0, 0.05) is 32.2 Å². The zero-order valence-electron chi connectivity index (χ0n) is 19.4. The molecule has 1 aliphatic carbocycles. The van der Waals surface area contributed by atoms with Crippen LogP contribution in [0.3, 0.4) is 0 Å². The zero-order chi connectivity index (χ0) is 22.2. The lowest BCUT2D eigenvalue weighted by atomic mass is 10.1. The van der Waals surface area contributed by atoms with Crippen LogP contribution in [-0.4, -0.2) is 90.8 Å². The SMILES string of the molecule is CCN(CC)C[C@H](O)COc1cc(CN2CCN(C3CCCC3)C(=O)C2)ccc1OC. The predicted molar refractivity (Wildman–Crippen MR) is 122 cm³/mol. The number of ether oxygens (including phenoxy) is 2. The Bertz CT molecular complexity index is 704. The van der Waals surface area contributed by atoms with Gasteiger partial charge in [0.15, 0.2) is 11.5 Å². The predicted octanol–water partition coefficient (Wildman–Crippen LogP) is 2.36. The van der Waals surface area contributed by atoms with E-state index in [9.17, 15) is 9.90 Å². The molecule has 3 rings (SSSR count). The first-order chi connectivity index (χ1) is 15.0. The van der Waals surface area contributed by atoms with Crippen molar-refractivity contribution in [3.8, 4) is 11.5 Å². The highest BCUT2D eigenvalue weighted by molar-refractivity contribution is 5.79. The van der Waals surface area contributed by atoms with Crippen molar-refractivity contribution in [1.29, 1.82) is 0 Å². The van der Waals surface area contributed by atoms with Crippen molar-refractivity contribution in [2.24, 2.45) is 0 Å². The molecule has 0 aromatic heterocycles. The largest absolute Gasteiger partial charge is 0.493 e. The highest BCUT2D eigenvalue weighted by Gasteiger charge is 2.31. The van der Waals surface area contributed by atoms with E-state index in [2.05, 4.69) is 28.5 Å². The first-order valence-electron chi connectivity index (χ1n) is 11.8. The summed E-state index contributed by atoms with van der Waals surface area (Å²) in [5, 5.41) is 10.3. The molecule has 1 aromatic rings. The van der Waals surface area contributed by atoms with Crippen molar-refractivity contribution in [1.82, 2.24) is 14.7 Å². The number of hydrogen-bond donors (Lipinski definition) is 1. The monoisotopic (exact) mass is 433 g/mol. The summed E-state index contributed by atoms with van der Waals surface area (Å²) < 4.78 is 11.4. The molecule has 1 amide bonds. The molecule has 7 heteroatoms. The highest BCUT2D eigenvalue weighted by atomic mass is 16.5. The summed E-state index contributed by atoms with van der Waals surface area (Å²) in [5.74, 6) is 1.54. The second-order valence-electron chi connectivity index (χ2n) is 8.67. The number of aliphatic hydroxyl groups is 1. The molecule has 1 aromatic carbocycles. The van der Waals surface area contributed by atoms with Gasteiger partial charge in [0.1, 0.15) is 12.7 Å². The molecule has 1 heterocycles. The Morgan fingerprint density at radius 3 is 2.55 bits per heavy atom. The maximum Gasteiger partial charge on any atom is 0.237 e. The molecule has 1 saturated heterocycles. The second-order valence-corrected chi connectivity index (χ2v) is 8.67. The molecule has 7 nitrogen and oxygen atoms in total. The van der Waals surface area contributed by atoms with Gasteiger partial charge in [-0.25, -0.2) is 0 Å². The standard InChI is InChI=1S/C24H39N3O4/c1-4-25(5-2)16-21(28)18-31-23-14-19(10-11-22(23)30-3)15-26-12-13-27(24(29)17-26)20-8-6-7-9-20/h10-11,14,20-21,28H,4-9,12-13,15-18H2,1-3H3/t21-/m0/s1. The third-order valence-electron chi connectivity index (χ3n) is 6.53. The minimum atomic E-state index is -0.561. The van der Waals surface area contributed by atoms with E-state index in [1.54, 1.807) is 7.11 Å². The Hall–Kier alpha value is -1.83. The van der Waals surface area contributed by atoms with Gasteiger partial charge >= 0.3 is 0 Å². The molecule has 0 unspecified atom stereocenters. The average molecular weight is 434 g/mol. The molecule has 1 saturated carbocycles. The van der Waals surface area contributed by atoms with Crippen LogP contribution < -0.4 is 9.47 Å². The van der Waals surface area contributed by atoms with Crippen LogP contribution in [0.5, 0.6) is 11.5 Å². The van der Waals surface area contributed by atoms with Crippen LogP contribution in [0.1, 0.15) is 45.1 Å². The molecule has 2 aliphatic rings. The van der Waals surface area contributed by atoms with E-state index in [0.29, 0.717) is 37.2 Å². The number of carbonyl (C=O) groups is 1. The minimum Gasteiger partial charge on any atom is -0.493 e. The zero-order valence-corrected chi connectivity index (χ0v) is 19.4. The van der Waals surface area contributed by atoms with Gasteiger partial charge in [0.2, 0.25) is 5.91 Å². The number of aliphatic hydroxyl groups excluding tert-OH is 1. The molecule has 31 heavy (non-hydrogen) atoms. The summed E-state index contributed by atoms with van der Waals surface area (Å²) in [6, 6.07) is 6.35. The van der Waals surface area contributed by atoms with E-state index in [-0.39, 0.29) is 12.5 Å². The summed E-state index contributed by atoms with van der Waals surface area (Å²) in [4.78, 5) is 19.1. The van der Waals surface area contributed by atoms with Gasteiger partial charge in [-0.1, -0.05) is 32.8 Å². The fourth-order valence-electron chi connectivity index (χ4n) is 4.68. The van der Waals surface area contributed by atoms with Crippen LogP contribution in [0.4, 0.5) is 0 Å². The van der Waals surface area contributed by atoms with Gasteiger partial charge in [-0.05, 0) is 43.6 Å². The molecule has 0 bridgehead atoms. The highest BCUT2D eigenvalue weighted by Crippen LogP contribution is 2.29. The summed E-state index contributed by atoms with van der Waals surface area (Å²) in [6.07, 6.45) is 4.25. The van der Waals surface area contributed by atoms with Crippen LogP contribution in [-0.2, 0) is 11.3 Å². The maximum absolute atomic E-state index is 12.7. The summed E-state index contributed by atoms with van der Waals surface area (Å²) >= 11 is 0. The van der Waals surface area contributed by atoms with Crippen molar-refractivity contribution in [2.75, 3.05) is 53.0 Å². The summed E-state index contributed by atoms with van der Waals surface area (Å²) in [7, 11) is 1.62. The third-order valence-corrected chi connectivity index (χ3v) is 6.53. The smallest absolute Gasteiger partial charge is 0.237 e. The minimum absolute atomic E-state index is 0.217.